The van der Waals surface area contributed by atoms with Gasteiger partial charge in [0.1, 0.15) is 0 Å². The highest BCUT2D eigenvalue weighted by molar-refractivity contribution is 7.98. The Balaban J connectivity index is 2.06. The van der Waals surface area contributed by atoms with Gasteiger partial charge in [-0.05, 0) is 35.4 Å². The molecule has 2 rings (SSSR count). The van der Waals surface area contributed by atoms with Crippen LogP contribution in [0.2, 0.25) is 0 Å². The molecule has 2 N–H and O–H groups in total. The lowest BCUT2D eigenvalue weighted by atomic mass is 10.1. The molecule has 96 valence electrons. The molecule has 2 aromatic rings. The van der Waals surface area contributed by atoms with E-state index < -0.39 is 0 Å². The molecule has 0 aliphatic heterocycles. The molecule has 0 atom stereocenters. The van der Waals surface area contributed by atoms with Crippen LogP contribution in [0.5, 0.6) is 0 Å². The third-order valence-corrected chi connectivity index (χ3v) is 3.71. The number of aromatic nitrogens is 4. The van der Waals surface area contributed by atoms with Gasteiger partial charge in [0, 0.05) is 12.3 Å². The first-order valence-corrected chi connectivity index (χ1v) is 6.84. The number of thioether (sulfide) groups is 1. The van der Waals surface area contributed by atoms with E-state index in [0.717, 1.165) is 10.9 Å². The number of tetrazole rings is 1. The van der Waals surface area contributed by atoms with Gasteiger partial charge < -0.3 is 5.73 Å². The fourth-order valence-corrected chi connectivity index (χ4v) is 2.63. The molecule has 0 fully saturated rings. The van der Waals surface area contributed by atoms with Crippen molar-refractivity contribution >= 4 is 11.8 Å². The summed E-state index contributed by atoms with van der Waals surface area (Å²) in [6.45, 7) is 5.43. The van der Waals surface area contributed by atoms with Gasteiger partial charge >= 0.3 is 0 Å². The van der Waals surface area contributed by atoms with Crippen LogP contribution in [0.1, 0.15) is 16.7 Å². The average molecular weight is 263 g/mol. The average Bonchev–Trinajstić information content (AvgIpc) is 2.78. The van der Waals surface area contributed by atoms with Crippen LogP contribution in [-0.2, 0) is 12.3 Å². The molecule has 0 aliphatic rings. The van der Waals surface area contributed by atoms with Crippen LogP contribution < -0.4 is 5.73 Å². The van der Waals surface area contributed by atoms with Crippen molar-refractivity contribution in [3.63, 3.8) is 0 Å². The first-order chi connectivity index (χ1) is 8.70. The summed E-state index contributed by atoms with van der Waals surface area (Å²) >= 11 is 1.64. The second-order valence-corrected chi connectivity index (χ2v) is 5.13. The van der Waals surface area contributed by atoms with E-state index in [1.54, 1.807) is 16.4 Å². The molecule has 0 spiro atoms. The van der Waals surface area contributed by atoms with E-state index in [9.17, 15) is 0 Å². The molecular formula is C12H17N5S. The van der Waals surface area contributed by atoms with Crippen molar-refractivity contribution < 1.29 is 0 Å². The topological polar surface area (TPSA) is 69.6 Å². The predicted octanol–water partition coefficient (Wildman–Crippen LogP) is 1.54. The molecule has 6 heteroatoms. The van der Waals surface area contributed by atoms with Gasteiger partial charge in [-0.25, -0.2) is 4.68 Å². The van der Waals surface area contributed by atoms with Gasteiger partial charge in [-0.2, -0.15) is 0 Å². The van der Waals surface area contributed by atoms with Gasteiger partial charge in [0.05, 0.1) is 6.54 Å². The second kappa shape index (κ2) is 5.97. The number of hydrogen-bond acceptors (Lipinski definition) is 5. The number of benzene rings is 1. The van der Waals surface area contributed by atoms with E-state index in [1.807, 2.05) is 0 Å². The van der Waals surface area contributed by atoms with Crippen molar-refractivity contribution in [1.82, 2.24) is 20.2 Å². The highest BCUT2D eigenvalue weighted by atomic mass is 32.2. The summed E-state index contributed by atoms with van der Waals surface area (Å²) in [6.07, 6.45) is 0. The molecule has 1 aromatic carbocycles. The third-order valence-electron chi connectivity index (χ3n) is 2.70. The quantitative estimate of drug-likeness (QED) is 0.829. The lowest BCUT2D eigenvalue weighted by Gasteiger charge is -2.06. The van der Waals surface area contributed by atoms with Gasteiger partial charge in [-0.15, -0.1) is 5.10 Å². The summed E-state index contributed by atoms with van der Waals surface area (Å²) in [5.41, 5.74) is 9.41. The van der Waals surface area contributed by atoms with Crippen LogP contribution >= 0.6 is 11.8 Å². The molecule has 0 saturated heterocycles. The zero-order chi connectivity index (χ0) is 13.0. The maximum Gasteiger partial charge on any atom is 0.209 e. The van der Waals surface area contributed by atoms with Crippen molar-refractivity contribution in [3.8, 4) is 0 Å². The van der Waals surface area contributed by atoms with Crippen LogP contribution in [0, 0.1) is 13.8 Å². The van der Waals surface area contributed by atoms with E-state index in [0.29, 0.717) is 13.1 Å². The minimum absolute atomic E-state index is 0.544. The Morgan fingerprint density at radius 3 is 2.94 bits per heavy atom. The van der Waals surface area contributed by atoms with E-state index >= 15 is 0 Å². The minimum Gasteiger partial charge on any atom is -0.329 e. The zero-order valence-electron chi connectivity index (χ0n) is 10.6. The van der Waals surface area contributed by atoms with Crippen LogP contribution in [0.25, 0.3) is 0 Å². The van der Waals surface area contributed by atoms with Crippen molar-refractivity contribution in [2.45, 2.75) is 31.3 Å². The Morgan fingerprint density at radius 1 is 1.33 bits per heavy atom. The standard InChI is InChI=1S/C12H17N5S/c1-9-3-4-10(2)11(7-9)8-18-12-14-15-16-17(12)6-5-13/h3-4,7H,5-6,8,13H2,1-2H3. The maximum atomic E-state index is 5.51. The summed E-state index contributed by atoms with van der Waals surface area (Å²) in [7, 11) is 0. The first-order valence-electron chi connectivity index (χ1n) is 5.86. The molecule has 0 saturated carbocycles. The molecular weight excluding hydrogens is 246 g/mol. The van der Waals surface area contributed by atoms with Crippen LogP contribution in [-0.4, -0.2) is 26.8 Å². The Bertz CT molecular complexity index is 523. The van der Waals surface area contributed by atoms with E-state index in [4.69, 9.17) is 5.73 Å². The van der Waals surface area contributed by atoms with E-state index in [-0.39, 0.29) is 0 Å². The summed E-state index contributed by atoms with van der Waals surface area (Å²) < 4.78 is 1.75. The summed E-state index contributed by atoms with van der Waals surface area (Å²) in [6, 6.07) is 6.48. The zero-order valence-corrected chi connectivity index (χ0v) is 11.4. The van der Waals surface area contributed by atoms with Gasteiger partial charge in [-0.1, -0.05) is 35.5 Å². The van der Waals surface area contributed by atoms with E-state index in [2.05, 4.69) is 47.6 Å². The number of nitrogens with two attached hydrogens (primary N) is 1. The summed E-state index contributed by atoms with van der Waals surface area (Å²) in [5, 5.41) is 12.4. The number of hydrogen-bond donors (Lipinski definition) is 1. The van der Waals surface area contributed by atoms with Crippen molar-refractivity contribution in [2.75, 3.05) is 6.54 Å². The minimum atomic E-state index is 0.544. The number of aryl methyl sites for hydroxylation is 2. The Kier molecular flexibility index (Phi) is 4.33. The van der Waals surface area contributed by atoms with Crippen molar-refractivity contribution in [2.24, 2.45) is 5.73 Å². The predicted molar refractivity (Wildman–Crippen MR) is 72.3 cm³/mol. The molecule has 0 bridgehead atoms. The monoisotopic (exact) mass is 263 g/mol. The van der Waals surface area contributed by atoms with Gasteiger partial charge in [0.2, 0.25) is 5.16 Å². The summed E-state index contributed by atoms with van der Waals surface area (Å²) in [5.74, 6) is 0.873. The molecule has 0 amide bonds. The van der Waals surface area contributed by atoms with Gasteiger partial charge in [0.25, 0.3) is 0 Å². The Hall–Kier alpha value is -1.40. The molecule has 0 unspecified atom stereocenters. The van der Waals surface area contributed by atoms with Crippen LogP contribution in [0.3, 0.4) is 0 Å². The molecule has 5 nitrogen and oxygen atoms in total. The van der Waals surface area contributed by atoms with Gasteiger partial charge in [0.15, 0.2) is 0 Å². The second-order valence-electron chi connectivity index (χ2n) is 4.19. The molecule has 18 heavy (non-hydrogen) atoms. The fourth-order valence-electron chi connectivity index (χ4n) is 1.66. The lowest BCUT2D eigenvalue weighted by Crippen LogP contribution is -2.12. The highest BCUT2D eigenvalue weighted by Crippen LogP contribution is 2.22. The third kappa shape index (κ3) is 3.08. The number of nitrogens with zero attached hydrogens (tertiary/aromatic N) is 4. The largest absolute Gasteiger partial charge is 0.329 e. The Morgan fingerprint density at radius 2 is 2.17 bits per heavy atom. The highest BCUT2D eigenvalue weighted by Gasteiger charge is 2.07. The SMILES string of the molecule is Cc1ccc(C)c(CSc2nnnn2CCN)c1. The normalized spacial score (nSPS) is 10.8. The maximum absolute atomic E-state index is 5.51. The van der Waals surface area contributed by atoms with E-state index in [1.165, 1.54) is 16.7 Å². The van der Waals surface area contributed by atoms with Crippen LogP contribution in [0.15, 0.2) is 23.4 Å². The van der Waals surface area contributed by atoms with Gasteiger partial charge in [-0.3, -0.25) is 0 Å². The molecule has 1 aromatic heterocycles. The summed E-state index contributed by atoms with van der Waals surface area (Å²) in [4.78, 5) is 0. The molecule has 0 radical (unpaired) electrons. The van der Waals surface area contributed by atoms with Crippen molar-refractivity contribution in [3.05, 3.63) is 34.9 Å². The number of rotatable bonds is 5. The fraction of sp³-hybridized carbons (Fsp3) is 0.417. The Labute approximate surface area is 111 Å². The smallest absolute Gasteiger partial charge is 0.209 e. The van der Waals surface area contributed by atoms with Crippen molar-refractivity contribution in [1.29, 1.82) is 0 Å². The molecule has 0 aliphatic carbocycles. The first kappa shape index (κ1) is 13.0. The lowest BCUT2D eigenvalue weighted by molar-refractivity contribution is 0.557. The molecule has 1 heterocycles. The van der Waals surface area contributed by atoms with Crippen LogP contribution in [0.4, 0.5) is 0 Å².